The van der Waals surface area contributed by atoms with Crippen LogP contribution in [0.5, 0.6) is 5.88 Å². The molecule has 1 aliphatic rings. The number of piperidine rings is 1. The summed E-state index contributed by atoms with van der Waals surface area (Å²) in [5, 5.41) is 13.1. The second kappa shape index (κ2) is 11.1. The quantitative estimate of drug-likeness (QED) is 0.511. The van der Waals surface area contributed by atoms with Gasteiger partial charge in [-0.15, -0.1) is 0 Å². The average molecular weight is 468 g/mol. The van der Waals surface area contributed by atoms with Crippen LogP contribution in [0.4, 0.5) is 4.79 Å². The molecule has 1 amide bonds. The minimum Gasteiger partial charge on any atom is -0.481 e. The lowest BCUT2D eigenvalue weighted by Gasteiger charge is -2.35. The molecule has 1 fully saturated rings. The Bertz CT molecular complexity index is 1170. The van der Waals surface area contributed by atoms with E-state index in [9.17, 15) is 14.7 Å². The molecule has 0 radical (unpaired) electrons. The van der Waals surface area contributed by atoms with Gasteiger partial charge in [0.25, 0.3) is 5.56 Å². The van der Waals surface area contributed by atoms with E-state index in [0.717, 1.165) is 5.56 Å². The topological polar surface area (TPSA) is 119 Å². The van der Waals surface area contributed by atoms with E-state index < -0.39 is 12.2 Å². The first-order chi connectivity index (χ1) is 16.5. The fourth-order valence-electron chi connectivity index (χ4n) is 4.06. The molecular weight excluding hydrogens is 438 g/mol. The summed E-state index contributed by atoms with van der Waals surface area (Å²) in [6, 6.07) is 13.0. The second-order valence-corrected chi connectivity index (χ2v) is 8.30. The van der Waals surface area contributed by atoms with Gasteiger partial charge < -0.3 is 24.8 Å². The molecule has 4 rings (SSSR count). The maximum atomic E-state index is 12.5. The monoisotopic (exact) mass is 467 g/mol. The lowest BCUT2D eigenvalue weighted by Crippen LogP contribution is -2.46. The number of aliphatic hydroxyl groups is 1. The van der Waals surface area contributed by atoms with Crippen LogP contribution in [0.3, 0.4) is 0 Å². The van der Waals surface area contributed by atoms with Crippen LogP contribution in [-0.4, -0.2) is 70.1 Å². The highest BCUT2D eigenvalue weighted by molar-refractivity contribution is 5.70. The number of pyridine rings is 1. The number of alkyl carbamates (subject to hydrolysis) is 1. The van der Waals surface area contributed by atoms with Crippen LogP contribution < -0.4 is 15.6 Å². The molecule has 1 aliphatic heterocycles. The molecule has 34 heavy (non-hydrogen) atoms. The van der Waals surface area contributed by atoms with Crippen molar-refractivity contribution in [1.29, 1.82) is 0 Å². The first kappa shape index (κ1) is 23.7. The zero-order valence-electron chi connectivity index (χ0n) is 19.1. The van der Waals surface area contributed by atoms with Gasteiger partial charge in [-0.05, 0) is 18.1 Å². The molecule has 0 unspecified atom stereocenters. The van der Waals surface area contributed by atoms with Crippen LogP contribution in [0, 0.1) is 5.92 Å². The van der Waals surface area contributed by atoms with Gasteiger partial charge in [0.05, 0.1) is 26.0 Å². The summed E-state index contributed by atoms with van der Waals surface area (Å²) in [7, 11) is 1.52. The third kappa shape index (κ3) is 5.89. The Morgan fingerprint density at radius 2 is 2.03 bits per heavy atom. The Hall–Kier alpha value is -3.50. The third-order valence-electron chi connectivity index (χ3n) is 6.00. The Labute approximate surface area is 197 Å². The van der Waals surface area contributed by atoms with Crippen molar-refractivity contribution in [3.05, 3.63) is 64.6 Å². The highest BCUT2D eigenvalue weighted by atomic mass is 16.5. The van der Waals surface area contributed by atoms with Crippen molar-refractivity contribution in [1.82, 2.24) is 24.8 Å². The number of nitrogens with zero attached hydrogens (tertiary/aromatic N) is 4. The van der Waals surface area contributed by atoms with Gasteiger partial charge in [-0.2, -0.15) is 4.98 Å². The van der Waals surface area contributed by atoms with Crippen molar-refractivity contribution in [2.75, 3.05) is 33.4 Å². The zero-order chi connectivity index (χ0) is 23.9. The van der Waals surface area contributed by atoms with E-state index in [-0.39, 0.29) is 18.1 Å². The van der Waals surface area contributed by atoms with Crippen LogP contribution in [0.15, 0.2) is 53.5 Å². The zero-order valence-corrected chi connectivity index (χ0v) is 19.1. The number of aliphatic hydroxyl groups excluding tert-OH is 1. The Kier molecular flexibility index (Phi) is 7.71. The summed E-state index contributed by atoms with van der Waals surface area (Å²) >= 11 is 0. The summed E-state index contributed by atoms with van der Waals surface area (Å²) < 4.78 is 12.1. The molecule has 10 nitrogen and oxygen atoms in total. The first-order valence-electron chi connectivity index (χ1n) is 11.3. The molecule has 3 heterocycles. The van der Waals surface area contributed by atoms with Crippen molar-refractivity contribution in [3.8, 4) is 5.88 Å². The molecule has 0 saturated carbocycles. The molecule has 0 aliphatic carbocycles. The molecule has 2 aromatic heterocycles. The summed E-state index contributed by atoms with van der Waals surface area (Å²) in [4.78, 5) is 35.2. The van der Waals surface area contributed by atoms with Gasteiger partial charge in [0.2, 0.25) is 5.88 Å². The molecule has 0 bridgehead atoms. The van der Waals surface area contributed by atoms with Crippen LogP contribution in [0.2, 0.25) is 0 Å². The number of aromatic nitrogens is 3. The Morgan fingerprint density at radius 1 is 1.21 bits per heavy atom. The highest BCUT2D eigenvalue weighted by Crippen LogP contribution is 2.18. The maximum Gasteiger partial charge on any atom is 0.407 e. The number of fused-ring (bicyclic) bond motifs is 1. The molecule has 3 aromatic rings. The number of amides is 1. The largest absolute Gasteiger partial charge is 0.481 e. The average Bonchev–Trinajstić information content (AvgIpc) is 2.87. The predicted molar refractivity (Wildman–Crippen MR) is 126 cm³/mol. The van der Waals surface area contributed by atoms with Gasteiger partial charge in [-0.3, -0.25) is 9.36 Å². The number of hydrogen-bond donors (Lipinski definition) is 2. The summed E-state index contributed by atoms with van der Waals surface area (Å²) in [6.07, 6.45) is 0.801. The Balaban J connectivity index is 1.31. The smallest absolute Gasteiger partial charge is 0.407 e. The van der Waals surface area contributed by atoms with E-state index in [1.54, 1.807) is 16.7 Å². The molecule has 10 heteroatoms. The number of hydrogen-bond acceptors (Lipinski definition) is 8. The van der Waals surface area contributed by atoms with Crippen molar-refractivity contribution in [3.63, 3.8) is 0 Å². The molecule has 1 aromatic carbocycles. The van der Waals surface area contributed by atoms with E-state index in [0.29, 0.717) is 56.2 Å². The summed E-state index contributed by atoms with van der Waals surface area (Å²) in [6.45, 7) is 2.75. The van der Waals surface area contributed by atoms with Crippen molar-refractivity contribution >= 4 is 17.3 Å². The maximum absolute atomic E-state index is 12.5. The number of rotatable bonds is 8. The predicted octanol–water partition coefficient (Wildman–Crippen LogP) is 1.41. The number of carbonyl (C=O) groups excluding carboxylic acids is 1. The van der Waals surface area contributed by atoms with Crippen LogP contribution in [0.25, 0.3) is 11.2 Å². The number of benzene rings is 1. The van der Waals surface area contributed by atoms with Crippen molar-refractivity contribution in [2.45, 2.75) is 25.6 Å². The molecule has 2 N–H and O–H groups in total. The van der Waals surface area contributed by atoms with E-state index >= 15 is 0 Å². The van der Waals surface area contributed by atoms with Gasteiger partial charge in [-0.1, -0.05) is 30.3 Å². The molecule has 180 valence electrons. The van der Waals surface area contributed by atoms with Crippen molar-refractivity contribution in [2.24, 2.45) is 5.92 Å². The molecule has 1 saturated heterocycles. The lowest BCUT2D eigenvalue weighted by atomic mass is 9.95. The number of ether oxygens (including phenoxy) is 2. The number of likely N-dealkylation sites (tertiary alicyclic amines) is 1. The fraction of sp³-hybridized carbons (Fsp3) is 0.417. The molecule has 2 atom stereocenters. The normalized spacial score (nSPS) is 18.5. The van der Waals surface area contributed by atoms with E-state index in [1.165, 1.54) is 13.3 Å². The SMILES string of the molecule is COc1ccc2ncc(=O)n(CCN3CC[C@@H](O)[C@H](COC(=O)NCc4ccccc4)C3)c2n1. The van der Waals surface area contributed by atoms with E-state index in [4.69, 9.17) is 9.47 Å². The standard InChI is InChI=1S/C24H29N5O5/c1-33-21-8-7-19-23(27-21)29(22(31)14-25-19)12-11-28-10-9-20(30)18(15-28)16-34-24(32)26-13-17-5-3-2-4-6-17/h2-8,14,18,20,30H,9-13,15-16H2,1H3,(H,26,32)/t18-,20+/m0/s1. The highest BCUT2D eigenvalue weighted by Gasteiger charge is 2.29. The summed E-state index contributed by atoms with van der Waals surface area (Å²) in [5.41, 5.74) is 1.83. The third-order valence-corrected chi connectivity index (χ3v) is 6.00. The second-order valence-electron chi connectivity index (χ2n) is 8.30. The summed E-state index contributed by atoms with van der Waals surface area (Å²) in [5.74, 6) is 0.206. The minimum absolute atomic E-state index is 0.120. The van der Waals surface area contributed by atoms with Crippen LogP contribution in [0.1, 0.15) is 12.0 Å². The van der Waals surface area contributed by atoms with Gasteiger partial charge in [0.1, 0.15) is 5.52 Å². The molecule has 0 spiro atoms. The van der Waals surface area contributed by atoms with Gasteiger partial charge in [0.15, 0.2) is 5.65 Å². The lowest BCUT2D eigenvalue weighted by molar-refractivity contribution is -0.00530. The van der Waals surface area contributed by atoms with Crippen LogP contribution >= 0.6 is 0 Å². The Morgan fingerprint density at radius 3 is 2.82 bits per heavy atom. The van der Waals surface area contributed by atoms with Gasteiger partial charge >= 0.3 is 6.09 Å². The van der Waals surface area contributed by atoms with E-state index in [1.807, 2.05) is 30.3 Å². The van der Waals surface area contributed by atoms with Gasteiger partial charge in [0, 0.05) is 44.7 Å². The first-order valence-corrected chi connectivity index (χ1v) is 11.3. The number of methoxy groups -OCH3 is 1. The van der Waals surface area contributed by atoms with Gasteiger partial charge in [-0.25, -0.2) is 9.78 Å². The fourth-order valence-corrected chi connectivity index (χ4v) is 4.06. The number of nitrogens with one attached hydrogen (secondary N) is 1. The minimum atomic E-state index is -0.548. The molecular formula is C24H29N5O5. The van der Waals surface area contributed by atoms with E-state index in [2.05, 4.69) is 20.2 Å². The van der Waals surface area contributed by atoms with Crippen LogP contribution in [-0.2, 0) is 17.8 Å². The van der Waals surface area contributed by atoms with Crippen molar-refractivity contribution < 1.29 is 19.4 Å². The number of carbonyl (C=O) groups is 1.